The molecule has 0 amide bonds. The monoisotopic (exact) mass is 243 g/mol. The first-order valence-corrected chi connectivity index (χ1v) is 6.09. The SMILES string of the molecule is C=CC1=CC(C)C=C1N(C)c1ccc(F)cc1C. The number of aryl methyl sites for hydroxylation is 1. The van der Waals surface area contributed by atoms with E-state index in [0.717, 1.165) is 22.5 Å². The van der Waals surface area contributed by atoms with Gasteiger partial charge in [0.1, 0.15) is 5.82 Å². The van der Waals surface area contributed by atoms with Gasteiger partial charge in [-0.05, 0) is 42.2 Å². The molecular formula is C16H18FN. The van der Waals surface area contributed by atoms with Crippen LogP contribution in [0.2, 0.25) is 0 Å². The summed E-state index contributed by atoms with van der Waals surface area (Å²) in [7, 11) is 2.00. The fourth-order valence-electron chi connectivity index (χ4n) is 2.36. The average Bonchev–Trinajstić information content (AvgIpc) is 2.69. The zero-order valence-corrected chi connectivity index (χ0v) is 11.1. The first-order chi connectivity index (χ1) is 8.52. The minimum atomic E-state index is -0.196. The van der Waals surface area contributed by atoms with Crippen LogP contribution in [0, 0.1) is 18.7 Å². The number of likely N-dealkylation sites (N-methyl/N-ethyl adjacent to an activating group) is 1. The van der Waals surface area contributed by atoms with Crippen molar-refractivity contribution >= 4 is 5.69 Å². The molecule has 0 heterocycles. The van der Waals surface area contributed by atoms with Crippen LogP contribution in [-0.2, 0) is 0 Å². The summed E-state index contributed by atoms with van der Waals surface area (Å²) in [5, 5.41) is 0. The Kier molecular flexibility index (Phi) is 3.37. The van der Waals surface area contributed by atoms with Gasteiger partial charge in [0.2, 0.25) is 0 Å². The Labute approximate surface area is 108 Å². The first kappa shape index (κ1) is 12.6. The number of anilines is 1. The van der Waals surface area contributed by atoms with Crippen LogP contribution in [0.5, 0.6) is 0 Å². The van der Waals surface area contributed by atoms with Crippen molar-refractivity contribution in [3.8, 4) is 0 Å². The Hall–Kier alpha value is -1.83. The Balaban J connectivity index is 2.38. The van der Waals surface area contributed by atoms with Gasteiger partial charge in [-0.25, -0.2) is 4.39 Å². The molecule has 0 radical (unpaired) electrons. The second-order valence-electron chi connectivity index (χ2n) is 4.73. The lowest BCUT2D eigenvalue weighted by molar-refractivity contribution is 0.626. The average molecular weight is 243 g/mol. The highest BCUT2D eigenvalue weighted by Crippen LogP contribution is 2.31. The van der Waals surface area contributed by atoms with Crippen molar-refractivity contribution in [2.24, 2.45) is 5.92 Å². The van der Waals surface area contributed by atoms with Gasteiger partial charge in [0.05, 0.1) is 0 Å². The van der Waals surface area contributed by atoms with Crippen molar-refractivity contribution in [3.05, 3.63) is 65.7 Å². The molecule has 1 aromatic carbocycles. The van der Waals surface area contributed by atoms with E-state index in [9.17, 15) is 4.39 Å². The molecular weight excluding hydrogens is 225 g/mol. The van der Waals surface area contributed by atoms with Crippen LogP contribution < -0.4 is 4.90 Å². The Bertz CT molecular complexity index is 540. The molecule has 0 aromatic heterocycles. The fourth-order valence-corrected chi connectivity index (χ4v) is 2.36. The molecule has 0 bridgehead atoms. The predicted molar refractivity (Wildman–Crippen MR) is 75.1 cm³/mol. The smallest absolute Gasteiger partial charge is 0.123 e. The molecule has 1 aliphatic rings. The molecule has 0 aliphatic heterocycles. The Morgan fingerprint density at radius 2 is 2.06 bits per heavy atom. The van der Waals surface area contributed by atoms with Crippen molar-refractivity contribution < 1.29 is 4.39 Å². The number of hydrogen-bond acceptors (Lipinski definition) is 1. The normalized spacial score (nSPS) is 18.3. The fraction of sp³-hybridized carbons (Fsp3) is 0.250. The maximum absolute atomic E-state index is 13.1. The maximum Gasteiger partial charge on any atom is 0.123 e. The molecule has 1 nitrogen and oxygen atoms in total. The highest BCUT2D eigenvalue weighted by atomic mass is 19.1. The lowest BCUT2D eigenvalue weighted by Gasteiger charge is -2.24. The van der Waals surface area contributed by atoms with Crippen LogP contribution in [0.1, 0.15) is 12.5 Å². The van der Waals surface area contributed by atoms with E-state index in [2.05, 4.69) is 30.6 Å². The van der Waals surface area contributed by atoms with Gasteiger partial charge in [-0.3, -0.25) is 0 Å². The quantitative estimate of drug-likeness (QED) is 0.768. The molecule has 0 fully saturated rings. The van der Waals surface area contributed by atoms with Gasteiger partial charge in [0.25, 0.3) is 0 Å². The van der Waals surface area contributed by atoms with Gasteiger partial charge in [0.15, 0.2) is 0 Å². The lowest BCUT2D eigenvalue weighted by Crippen LogP contribution is -2.17. The molecule has 2 rings (SSSR count). The van der Waals surface area contributed by atoms with Gasteiger partial charge >= 0.3 is 0 Å². The largest absolute Gasteiger partial charge is 0.344 e. The Morgan fingerprint density at radius 1 is 1.33 bits per heavy atom. The van der Waals surface area contributed by atoms with Crippen molar-refractivity contribution in [1.29, 1.82) is 0 Å². The molecule has 1 unspecified atom stereocenters. The topological polar surface area (TPSA) is 3.24 Å². The van der Waals surface area contributed by atoms with E-state index in [4.69, 9.17) is 0 Å². The third-order valence-corrected chi connectivity index (χ3v) is 3.26. The maximum atomic E-state index is 13.1. The molecule has 1 aliphatic carbocycles. The summed E-state index contributed by atoms with van der Waals surface area (Å²) in [6.45, 7) is 7.91. The highest BCUT2D eigenvalue weighted by molar-refractivity contribution is 5.63. The predicted octanol–water partition coefficient (Wildman–Crippen LogP) is 4.22. The summed E-state index contributed by atoms with van der Waals surface area (Å²) in [5.41, 5.74) is 4.21. The molecule has 0 saturated carbocycles. The van der Waals surface area contributed by atoms with Crippen molar-refractivity contribution in [2.75, 3.05) is 11.9 Å². The molecule has 1 atom stereocenters. The molecule has 0 N–H and O–H groups in total. The number of benzene rings is 1. The summed E-state index contributed by atoms with van der Waals surface area (Å²) >= 11 is 0. The van der Waals surface area contributed by atoms with E-state index in [1.54, 1.807) is 6.07 Å². The summed E-state index contributed by atoms with van der Waals surface area (Å²) < 4.78 is 13.1. The highest BCUT2D eigenvalue weighted by Gasteiger charge is 2.18. The van der Waals surface area contributed by atoms with Crippen LogP contribution in [-0.4, -0.2) is 7.05 Å². The van der Waals surface area contributed by atoms with Gasteiger partial charge in [-0.2, -0.15) is 0 Å². The molecule has 18 heavy (non-hydrogen) atoms. The van der Waals surface area contributed by atoms with E-state index in [0.29, 0.717) is 5.92 Å². The molecule has 1 aromatic rings. The summed E-state index contributed by atoms with van der Waals surface area (Å²) in [5.74, 6) is 0.217. The van der Waals surface area contributed by atoms with Gasteiger partial charge in [-0.1, -0.05) is 31.7 Å². The number of halogens is 1. The first-order valence-electron chi connectivity index (χ1n) is 6.09. The molecule has 0 saturated heterocycles. The van der Waals surface area contributed by atoms with Crippen LogP contribution in [0.3, 0.4) is 0 Å². The zero-order valence-electron chi connectivity index (χ0n) is 11.1. The van der Waals surface area contributed by atoms with Gasteiger partial charge in [-0.15, -0.1) is 0 Å². The van der Waals surface area contributed by atoms with Crippen molar-refractivity contribution in [1.82, 2.24) is 0 Å². The number of hydrogen-bond donors (Lipinski definition) is 0. The number of allylic oxidation sites excluding steroid dienone is 3. The van der Waals surface area contributed by atoms with Crippen molar-refractivity contribution in [2.45, 2.75) is 13.8 Å². The van der Waals surface area contributed by atoms with E-state index in [1.165, 1.54) is 6.07 Å². The third kappa shape index (κ3) is 2.23. The van der Waals surface area contributed by atoms with E-state index < -0.39 is 0 Å². The molecule has 94 valence electrons. The second-order valence-corrected chi connectivity index (χ2v) is 4.73. The summed E-state index contributed by atoms with van der Waals surface area (Å²) in [6, 6.07) is 4.87. The third-order valence-electron chi connectivity index (χ3n) is 3.26. The van der Waals surface area contributed by atoms with E-state index in [-0.39, 0.29) is 5.82 Å². The molecule has 2 heteroatoms. The minimum Gasteiger partial charge on any atom is -0.344 e. The van der Waals surface area contributed by atoms with Gasteiger partial charge < -0.3 is 4.90 Å². The molecule has 0 spiro atoms. The lowest BCUT2D eigenvalue weighted by atomic mass is 10.1. The van der Waals surface area contributed by atoms with Gasteiger partial charge in [0, 0.05) is 18.4 Å². The van der Waals surface area contributed by atoms with Crippen molar-refractivity contribution in [3.63, 3.8) is 0 Å². The van der Waals surface area contributed by atoms with Crippen LogP contribution in [0.4, 0.5) is 10.1 Å². The summed E-state index contributed by atoms with van der Waals surface area (Å²) in [4.78, 5) is 2.09. The van der Waals surface area contributed by atoms with Crippen LogP contribution in [0.15, 0.2) is 54.3 Å². The minimum absolute atomic E-state index is 0.196. The number of nitrogens with zero attached hydrogens (tertiary/aromatic N) is 1. The van der Waals surface area contributed by atoms with Crippen LogP contribution in [0.25, 0.3) is 0 Å². The number of rotatable bonds is 3. The van der Waals surface area contributed by atoms with Crippen LogP contribution >= 0.6 is 0 Å². The second kappa shape index (κ2) is 4.81. The zero-order chi connectivity index (χ0) is 13.3. The standard InChI is InChI=1S/C16H18FN/c1-5-13-8-11(2)9-16(13)18(4)15-7-6-14(17)10-12(15)3/h5-11H,1H2,2-4H3. The van der Waals surface area contributed by atoms with E-state index >= 15 is 0 Å². The Morgan fingerprint density at radius 3 is 2.67 bits per heavy atom. The summed E-state index contributed by atoms with van der Waals surface area (Å²) in [6.07, 6.45) is 6.24. The van der Waals surface area contributed by atoms with E-state index in [1.807, 2.05) is 26.1 Å².